The monoisotopic (exact) mass is 159 g/mol. The summed E-state index contributed by atoms with van der Waals surface area (Å²) in [6.07, 6.45) is 1.80. The van der Waals surface area contributed by atoms with E-state index in [1.54, 1.807) is 0 Å². The Bertz CT molecular complexity index is 122. The molecule has 0 saturated carbocycles. The lowest BCUT2D eigenvalue weighted by Gasteiger charge is -2.00. The van der Waals surface area contributed by atoms with Crippen LogP contribution in [0.25, 0.3) is 0 Å². The van der Waals surface area contributed by atoms with Gasteiger partial charge in [-0.1, -0.05) is 13.3 Å². The van der Waals surface area contributed by atoms with Crippen LogP contribution in [0.2, 0.25) is 0 Å². The summed E-state index contributed by atoms with van der Waals surface area (Å²) in [5.41, 5.74) is 0. The molecule has 0 aromatic rings. The van der Waals surface area contributed by atoms with Crippen molar-refractivity contribution < 1.29 is 19.1 Å². The summed E-state index contributed by atoms with van der Waals surface area (Å²) in [4.78, 5) is 20.0. The van der Waals surface area contributed by atoms with E-state index in [2.05, 4.69) is 9.47 Å². The summed E-state index contributed by atoms with van der Waals surface area (Å²) in [6, 6.07) is 0. The molecule has 0 unspecified atom stereocenters. The second-order valence-electron chi connectivity index (χ2n) is 1.95. The maximum absolute atomic E-state index is 10.6. The van der Waals surface area contributed by atoms with Gasteiger partial charge in [-0.3, -0.25) is 0 Å². The zero-order valence-corrected chi connectivity index (χ0v) is 6.46. The molecule has 11 heavy (non-hydrogen) atoms. The van der Waals surface area contributed by atoms with Gasteiger partial charge < -0.3 is 9.47 Å². The fraction of sp³-hybridized carbons (Fsp3) is 0.714. The van der Waals surface area contributed by atoms with Crippen molar-refractivity contribution in [1.29, 1.82) is 0 Å². The van der Waals surface area contributed by atoms with Gasteiger partial charge in [-0.15, -0.1) is 0 Å². The molecule has 0 aromatic heterocycles. The summed E-state index contributed by atoms with van der Waals surface area (Å²) >= 11 is 0. The van der Waals surface area contributed by atoms with Gasteiger partial charge in [0.05, 0.1) is 6.61 Å². The van der Waals surface area contributed by atoms with E-state index >= 15 is 0 Å². The van der Waals surface area contributed by atoms with Crippen LogP contribution in [0.15, 0.2) is 0 Å². The Labute approximate surface area is 65.5 Å². The molecule has 4 nitrogen and oxygen atoms in total. The third-order valence-electron chi connectivity index (χ3n) is 1.01. The number of hydrogen-bond donors (Lipinski definition) is 0. The number of esters is 1. The summed E-state index contributed by atoms with van der Waals surface area (Å²) in [5.74, 6) is -0.526. The summed E-state index contributed by atoms with van der Waals surface area (Å²) in [7, 11) is 0. The van der Waals surface area contributed by atoms with Crippen molar-refractivity contribution in [2.24, 2.45) is 0 Å². The molecule has 0 heterocycles. The first kappa shape index (κ1) is 9.94. The van der Waals surface area contributed by atoms with Crippen molar-refractivity contribution in [2.45, 2.75) is 19.8 Å². The normalized spacial score (nSPS) is 8.82. The molecule has 0 aromatic carbocycles. The minimum absolute atomic E-state index is 0.340. The van der Waals surface area contributed by atoms with E-state index in [1.165, 1.54) is 0 Å². The molecule has 1 radical (unpaired) electrons. The van der Waals surface area contributed by atoms with E-state index in [-0.39, 0.29) is 6.61 Å². The third kappa shape index (κ3) is 6.83. The Morgan fingerprint density at radius 1 is 1.55 bits per heavy atom. The Morgan fingerprint density at radius 2 is 2.27 bits per heavy atom. The number of carbonyl (C=O) groups excluding carboxylic acids is 2. The predicted molar refractivity (Wildman–Crippen MR) is 37.5 cm³/mol. The van der Waals surface area contributed by atoms with Crippen molar-refractivity contribution >= 4 is 12.4 Å². The fourth-order valence-corrected chi connectivity index (χ4v) is 0.460. The molecule has 0 aliphatic carbocycles. The van der Waals surface area contributed by atoms with E-state index in [4.69, 9.17) is 0 Å². The molecule has 0 aliphatic rings. The van der Waals surface area contributed by atoms with Gasteiger partial charge in [-0.05, 0) is 6.42 Å². The highest BCUT2D eigenvalue weighted by Crippen LogP contribution is 1.88. The van der Waals surface area contributed by atoms with Gasteiger partial charge in [-0.2, -0.15) is 0 Å². The first-order valence-corrected chi connectivity index (χ1v) is 3.45. The fourth-order valence-electron chi connectivity index (χ4n) is 0.460. The maximum atomic E-state index is 10.6. The van der Waals surface area contributed by atoms with Crippen LogP contribution in [0.5, 0.6) is 0 Å². The van der Waals surface area contributed by atoms with Crippen molar-refractivity contribution in [3.63, 3.8) is 0 Å². The van der Waals surface area contributed by atoms with E-state index in [0.29, 0.717) is 6.61 Å². The first-order valence-electron chi connectivity index (χ1n) is 3.45. The molecular weight excluding hydrogens is 148 g/mol. The van der Waals surface area contributed by atoms with Crippen LogP contribution in [0.3, 0.4) is 0 Å². The molecular formula is C7H11O4. The number of carbonyl (C=O) groups is 1. The van der Waals surface area contributed by atoms with E-state index < -0.39 is 5.97 Å². The SMILES string of the molecule is CCCCOC(=O)CO[C]=O. The number of ether oxygens (including phenoxy) is 2. The second kappa shape index (κ2) is 7.05. The van der Waals surface area contributed by atoms with Crippen LogP contribution < -0.4 is 0 Å². The predicted octanol–water partition coefficient (Wildman–Crippen LogP) is 0.413. The largest absolute Gasteiger partial charge is 0.463 e. The lowest BCUT2D eigenvalue weighted by atomic mass is 10.4. The van der Waals surface area contributed by atoms with Gasteiger partial charge in [0.15, 0.2) is 6.61 Å². The highest BCUT2D eigenvalue weighted by Gasteiger charge is 2.01. The van der Waals surface area contributed by atoms with Gasteiger partial charge in [0.1, 0.15) is 0 Å². The van der Waals surface area contributed by atoms with Crippen LogP contribution in [0, 0.1) is 0 Å². The smallest absolute Gasteiger partial charge is 0.418 e. The molecule has 0 N–H and O–H groups in total. The zero-order chi connectivity index (χ0) is 8.53. The van der Waals surface area contributed by atoms with Crippen molar-refractivity contribution in [2.75, 3.05) is 13.2 Å². The lowest BCUT2D eigenvalue weighted by molar-refractivity contribution is -0.146. The van der Waals surface area contributed by atoms with Crippen molar-refractivity contribution in [3.05, 3.63) is 0 Å². The molecule has 0 aliphatic heterocycles. The van der Waals surface area contributed by atoms with Crippen molar-refractivity contribution in [3.8, 4) is 0 Å². The highest BCUT2D eigenvalue weighted by atomic mass is 16.6. The molecule has 0 bridgehead atoms. The highest BCUT2D eigenvalue weighted by molar-refractivity contribution is 5.71. The number of hydrogen-bond acceptors (Lipinski definition) is 4. The van der Waals surface area contributed by atoms with Gasteiger partial charge in [-0.25, -0.2) is 9.59 Å². The average Bonchev–Trinajstić information content (AvgIpc) is 2.01. The van der Waals surface area contributed by atoms with E-state index in [0.717, 1.165) is 19.3 Å². The van der Waals surface area contributed by atoms with E-state index in [1.807, 2.05) is 6.92 Å². The number of unbranched alkanes of at least 4 members (excludes halogenated alkanes) is 1. The average molecular weight is 159 g/mol. The van der Waals surface area contributed by atoms with E-state index in [9.17, 15) is 9.59 Å². The topological polar surface area (TPSA) is 52.6 Å². The standard InChI is InChI=1S/C7H11O4/c1-2-3-4-11-7(9)5-10-6-8/h2-5H2,1H3. The third-order valence-corrected chi connectivity index (χ3v) is 1.01. The molecule has 0 atom stereocenters. The summed E-state index contributed by atoms with van der Waals surface area (Å²) < 4.78 is 8.69. The summed E-state index contributed by atoms with van der Waals surface area (Å²) in [6.45, 7) is 3.17. The van der Waals surface area contributed by atoms with Crippen LogP contribution in [-0.2, 0) is 19.1 Å². The van der Waals surface area contributed by atoms with Crippen LogP contribution in [-0.4, -0.2) is 25.7 Å². The maximum Gasteiger partial charge on any atom is 0.418 e. The van der Waals surface area contributed by atoms with Crippen LogP contribution >= 0.6 is 0 Å². The molecule has 63 valence electrons. The van der Waals surface area contributed by atoms with Gasteiger partial charge >= 0.3 is 12.4 Å². The Hall–Kier alpha value is -1.06. The minimum Gasteiger partial charge on any atom is -0.463 e. The zero-order valence-electron chi connectivity index (χ0n) is 6.46. The van der Waals surface area contributed by atoms with Crippen molar-refractivity contribution in [1.82, 2.24) is 0 Å². The van der Waals surface area contributed by atoms with Gasteiger partial charge in [0.25, 0.3) is 0 Å². The Morgan fingerprint density at radius 3 is 2.82 bits per heavy atom. The molecule has 4 heteroatoms. The molecule has 0 amide bonds. The van der Waals surface area contributed by atoms with Gasteiger partial charge in [0.2, 0.25) is 0 Å². The molecule has 0 saturated heterocycles. The number of rotatable bonds is 6. The summed E-state index contributed by atoms with van der Waals surface area (Å²) in [5, 5.41) is 0. The Balaban J connectivity index is 3.15. The molecule has 0 fully saturated rings. The Kier molecular flexibility index (Phi) is 6.37. The van der Waals surface area contributed by atoms with Gasteiger partial charge in [0, 0.05) is 0 Å². The van der Waals surface area contributed by atoms with Crippen LogP contribution in [0.1, 0.15) is 19.8 Å². The molecule has 0 spiro atoms. The molecule has 0 rings (SSSR count). The van der Waals surface area contributed by atoms with Crippen LogP contribution in [0.4, 0.5) is 0 Å². The quantitative estimate of drug-likeness (QED) is 0.416. The second-order valence-corrected chi connectivity index (χ2v) is 1.95. The lowest BCUT2D eigenvalue weighted by Crippen LogP contribution is -2.12. The first-order chi connectivity index (χ1) is 5.31. The minimum atomic E-state index is -0.526.